The van der Waals surface area contributed by atoms with Crippen LogP contribution in [0.4, 0.5) is 0 Å². The summed E-state index contributed by atoms with van der Waals surface area (Å²) in [6.45, 7) is 1.33. The number of amides is 1. The first-order chi connectivity index (χ1) is 8.66. The molecule has 1 fully saturated rings. The maximum atomic E-state index is 12.2. The van der Waals surface area contributed by atoms with Crippen LogP contribution in [0.2, 0.25) is 5.02 Å². The molecule has 0 saturated heterocycles. The smallest absolute Gasteiger partial charge is 0.227 e. The Morgan fingerprint density at radius 2 is 2.00 bits per heavy atom. The van der Waals surface area contributed by atoms with Crippen molar-refractivity contribution in [2.24, 2.45) is 5.41 Å². The number of rotatable bonds is 5. The molecule has 0 radical (unpaired) electrons. The molecule has 2 rings (SSSR count). The van der Waals surface area contributed by atoms with E-state index >= 15 is 0 Å². The zero-order chi connectivity index (χ0) is 13.0. The molecule has 0 aliphatic heterocycles. The average Bonchev–Trinajstić information content (AvgIpc) is 2.32. The van der Waals surface area contributed by atoms with Crippen LogP contribution in [0.3, 0.4) is 0 Å². The van der Waals surface area contributed by atoms with E-state index in [1.807, 2.05) is 31.3 Å². The molecule has 2 N–H and O–H groups in total. The zero-order valence-electron chi connectivity index (χ0n) is 10.6. The van der Waals surface area contributed by atoms with E-state index in [-0.39, 0.29) is 11.3 Å². The summed E-state index contributed by atoms with van der Waals surface area (Å²) in [6.07, 6.45) is 3.12. The van der Waals surface area contributed by atoms with Gasteiger partial charge in [0.15, 0.2) is 0 Å². The number of nitrogens with one attached hydrogen (secondary N) is 2. The summed E-state index contributed by atoms with van der Waals surface area (Å²) >= 11 is 5.82. The monoisotopic (exact) mass is 266 g/mol. The third kappa shape index (κ3) is 2.85. The minimum atomic E-state index is -0.179. The Bertz CT molecular complexity index is 412. The maximum absolute atomic E-state index is 12.2. The van der Waals surface area contributed by atoms with Crippen LogP contribution in [0.1, 0.15) is 24.8 Å². The Labute approximate surface area is 113 Å². The van der Waals surface area contributed by atoms with Crippen LogP contribution in [0, 0.1) is 5.41 Å². The molecule has 98 valence electrons. The quantitative estimate of drug-likeness (QED) is 0.859. The highest BCUT2D eigenvalue weighted by atomic mass is 35.5. The lowest BCUT2D eigenvalue weighted by Gasteiger charge is -2.40. The molecule has 0 spiro atoms. The molecule has 18 heavy (non-hydrogen) atoms. The fraction of sp³-hybridized carbons (Fsp3) is 0.500. The fourth-order valence-electron chi connectivity index (χ4n) is 2.40. The summed E-state index contributed by atoms with van der Waals surface area (Å²) in [4.78, 5) is 12.2. The van der Waals surface area contributed by atoms with Crippen molar-refractivity contribution in [2.45, 2.75) is 25.8 Å². The first-order valence-electron chi connectivity index (χ1n) is 6.34. The standard InChI is InChI=1S/C14H19ClN2O/c1-16-10-14(7-2-8-14)13(18)17-9-11-3-5-12(15)6-4-11/h3-6,16H,2,7-10H2,1H3,(H,17,18). The van der Waals surface area contributed by atoms with Crippen LogP contribution >= 0.6 is 11.6 Å². The molecule has 0 bridgehead atoms. The number of halogens is 1. The lowest BCUT2D eigenvalue weighted by Crippen LogP contribution is -2.50. The highest BCUT2D eigenvalue weighted by Gasteiger charge is 2.43. The first kappa shape index (κ1) is 13.4. The highest BCUT2D eigenvalue weighted by Crippen LogP contribution is 2.40. The molecule has 0 unspecified atom stereocenters. The second-order valence-electron chi connectivity index (χ2n) is 4.97. The van der Waals surface area contributed by atoms with Crippen molar-refractivity contribution in [1.29, 1.82) is 0 Å². The van der Waals surface area contributed by atoms with Gasteiger partial charge < -0.3 is 10.6 Å². The van der Waals surface area contributed by atoms with Gasteiger partial charge in [-0.3, -0.25) is 4.79 Å². The number of benzene rings is 1. The summed E-state index contributed by atoms with van der Waals surface area (Å²) < 4.78 is 0. The van der Waals surface area contributed by atoms with Crippen molar-refractivity contribution >= 4 is 17.5 Å². The van der Waals surface area contributed by atoms with E-state index in [0.717, 1.165) is 36.4 Å². The first-order valence-corrected chi connectivity index (χ1v) is 6.71. The molecular formula is C14H19ClN2O. The van der Waals surface area contributed by atoms with Gasteiger partial charge in [-0.05, 0) is 37.6 Å². The van der Waals surface area contributed by atoms with Crippen LogP contribution in [0.5, 0.6) is 0 Å². The van der Waals surface area contributed by atoms with E-state index in [4.69, 9.17) is 11.6 Å². The second-order valence-corrected chi connectivity index (χ2v) is 5.41. The molecule has 3 nitrogen and oxygen atoms in total. The van der Waals surface area contributed by atoms with Gasteiger partial charge >= 0.3 is 0 Å². The van der Waals surface area contributed by atoms with Gasteiger partial charge in [-0.1, -0.05) is 30.2 Å². The lowest BCUT2D eigenvalue weighted by molar-refractivity contribution is -0.135. The van der Waals surface area contributed by atoms with Crippen LogP contribution in [-0.2, 0) is 11.3 Å². The Hall–Kier alpha value is -1.06. The van der Waals surface area contributed by atoms with Crippen LogP contribution in [-0.4, -0.2) is 19.5 Å². The van der Waals surface area contributed by atoms with Crippen LogP contribution < -0.4 is 10.6 Å². The van der Waals surface area contributed by atoms with Crippen molar-refractivity contribution in [3.05, 3.63) is 34.9 Å². The Kier molecular flexibility index (Phi) is 4.25. The second kappa shape index (κ2) is 5.72. The fourth-order valence-corrected chi connectivity index (χ4v) is 2.52. The molecule has 1 aliphatic rings. The minimum Gasteiger partial charge on any atom is -0.352 e. The highest BCUT2D eigenvalue weighted by molar-refractivity contribution is 6.30. The SMILES string of the molecule is CNCC1(C(=O)NCc2ccc(Cl)cc2)CCC1. The van der Waals surface area contributed by atoms with E-state index in [1.165, 1.54) is 0 Å². The number of hydrogen-bond acceptors (Lipinski definition) is 2. The van der Waals surface area contributed by atoms with Gasteiger partial charge in [0.05, 0.1) is 5.41 Å². The maximum Gasteiger partial charge on any atom is 0.227 e. The van der Waals surface area contributed by atoms with E-state index in [1.54, 1.807) is 0 Å². The molecule has 0 heterocycles. The summed E-state index contributed by atoms with van der Waals surface area (Å²) in [5, 5.41) is 6.86. The topological polar surface area (TPSA) is 41.1 Å². The third-order valence-electron chi connectivity index (χ3n) is 3.67. The summed E-state index contributed by atoms with van der Waals surface area (Å²) in [6, 6.07) is 7.56. The van der Waals surface area contributed by atoms with Gasteiger partial charge in [-0.2, -0.15) is 0 Å². The van der Waals surface area contributed by atoms with Gasteiger partial charge in [0, 0.05) is 18.1 Å². The number of hydrogen-bond donors (Lipinski definition) is 2. The van der Waals surface area contributed by atoms with Crippen molar-refractivity contribution in [3.8, 4) is 0 Å². The normalized spacial score (nSPS) is 17.0. The Morgan fingerprint density at radius 3 is 2.50 bits per heavy atom. The molecule has 1 aliphatic carbocycles. The third-order valence-corrected chi connectivity index (χ3v) is 3.93. The number of carbonyl (C=O) groups excluding carboxylic acids is 1. The zero-order valence-corrected chi connectivity index (χ0v) is 11.4. The summed E-state index contributed by atoms with van der Waals surface area (Å²) in [5.41, 5.74) is 0.896. The molecule has 1 aromatic rings. The minimum absolute atomic E-state index is 0.165. The van der Waals surface area contributed by atoms with E-state index in [0.29, 0.717) is 6.54 Å². The Balaban J connectivity index is 1.89. The molecule has 1 amide bonds. The van der Waals surface area contributed by atoms with Gasteiger partial charge in [0.2, 0.25) is 5.91 Å². The van der Waals surface area contributed by atoms with E-state index < -0.39 is 0 Å². The van der Waals surface area contributed by atoms with E-state index in [9.17, 15) is 4.79 Å². The van der Waals surface area contributed by atoms with Gasteiger partial charge in [-0.25, -0.2) is 0 Å². The van der Waals surface area contributed by atoms with Crippen molar-refractivity contribution in [2.75, 3.05) is 13.6 Å². The molecule has 1 aromatic carbocycles. The predicted molar refractivity (Wildman–Crippen MR) is 73.5 cm³/mol. The van der Waals surface area contributed by atoms with Crippen LogP contribution in [0.15, 0.2) is 24.3 Å². The van der Waals surface area contributed by atoms with Gasteiger partial charge in [-0.15, -0.1) is 0 Å². The summed E-state index contributed by atoms with van der Waals surface area (Å²) in [5.74, 6) is 0.165. The Morgan fingerprint density at radius 1 is 1.33 bits per heavy atom. The van der Waals surface area contributed by atoms with Gasteiger partial charge in [0.25, 0.3) is 0 Å². The molecule has 0 aromatic heterocycles. The van der Waals surface area contributed by atoms with Crippen LogP contribution in [0.25, 0.3) is 0 Å². The molecule has 0 atom stereocenters. The lowest BCUT2D eigenvalue weighted by atomic mass is 9.68. The molecule has 4 heteroatoms. The summed E-state index contributed by atoms with van der Waals surface area (Å²) in [7, 11) is 1.90. The predicted octanol–water partition coefficient (Wildman–Crippen LogP) is 2.35. The molecular weight excluding hydrogens is 248 g/mol. The molecule has 1 saturated carbocycles. The largest absolute Gasteiger partial charge is 0.352 e. The van der Waals surface area contributed by atoms with Crippen molar-refractivity contribution < 1.29 is 4.79 Å². The van der Waals surface area contributed by atoms with Gasteiger partial charge in [0.1, 0.15) is 0 Å². The van der Waals surface area contributed by atoms with Crippen molar-refractivity contribution in [3.63, 3.8) is 0 Å². The average molecular weight is 267 g/mol. The van der Waals surface area contributed by atoms with E-state index in [2.05, 4.69) is 10.6 Å². The number of carbonyl (C=O) groups is 1. The van der Waals surface area contributed by atoms with Crippen molar-refractivity contribution in [1.82, 2.24) is 10.6 Å².